The first-order valence-corrected chi connectivity index (χ1v) is 8.39. The van der Waals surface area contributed by atoms with Gasteiger partial charge >= 0.3 is 0 Å². The van der Waals surface area contributed by atoms with Crippen LogP contribution in [0.1, 0.15) is 31.2 Å². The van der Waals surface area contributed by atoms with Crippen LogP contribution in [-0.2, 0) is 11.3 Å². The van der Waals surface area contributed by atoms with Gasteiger partial charge in [-0.25, -0.2) is 4.39 Å². The van der Waals surface area contributed by atoms with E-state index in [4.69, 9.17) is 5.73 Å². The molecule has 0 saturated heterocycles. The Morgan fingerprint density at radius 2 is 2.27 bits per heavy atom. The summed E-state index contributed by atoms with van der Waals surface area (Å²) < 4.78 is 14.7. The van der Waals surface area contributed by atoms with Crippen LogP contribution in [0.15, 0.2) is 35.3 Å². The maximum atomic E-state index is 13.9. The second-order valence-corrected chi connectivity index (χ2v) is 6.78. The highest BCUT2D eigenvalue weighted by molar-refractivity contribution is 9.10. The Bertz CT molecular complexity index is 549. The van der Waals surface area contributed by atoms with E-state index in [-0.39, 0.29) is 30.2 Å². The number of rotatable bonds is 5. The van der Waals surface area contributed by atoms with Crippen LogP contribution in [0.2, 0.25) is 0 Å². The Hall–Kier alpha value is -1.20. The number of halogens is 2. The highest BCUT2D eigenvalue weighted by Crippen LogP contribution is 2.26. The molecule has 0 heterocycles. The van der Waals surface area contributed by atoms with Crippen LogP contribution in [-0.4, -0.2) is 23.4 Å². The summed E-state index contributed by atoms with van der Waals surface area (Å²) in [6, 6.07) is 4.87. The smallest absolute Gasteiger partial charge is 0.226 e. The lowest BCUT2D eigenvalue weighted by Crippen LogP contribution is -2.40. The lowest BCUT2D eigenvalue weighted by Gasteiger charge is -2.31. The van der Waals surface area contributed by atoms with Crippen LogP contribution in [0, 0.1) is 11.7 Å². The van der Waals surface area contributed by atoms with Crippen molar-refractivity contribution in [3.63, 3.8) is 0 Å². The van der Waals surface area contributed by atoms with E-state index >= 15 is 0 Å². The van der Waals surface area contributed by atoms with Crippen molar-refractivity contribution in [1.29, 1.82) is 0 Å². The van der Waals surface area contributed by atoms with Gasteiger partial charge in [-0.15, -0.1) is 6.58 Å². The van der Waals surface area contributed by atoms with Gasteiger partial charge in [-0.2, -0.15) is 0 Å². The maximum Gasteiger partial charge on any atom is 0.226 e. The van der Waals surface area contributed by atoms with Crippen LogP contribution in [0.4, 0.5) is 4.39 Å². The van der Waals surface area contributed by atoms with Crippen molar-refractivity contribution in [2.24, 2.45) is 11.7 Å². The summed E-state index contributed by atoms with van der Waals surface area (Å²) in [6.07, 6.45) is 5.21. The molecule has 1 aromatic rings. The molecule has 5 heteroatoms. The fourth-order valence-corrected chi connectivity index (χ4v) is 3.38. The molecule has 0 aliphatic heterocycles. The molecule has 1 aromatic carbocycles. The Morgan fingerprint density at radius 3 is 2.95 bits per heavy atom. The number of nitrogens with zero attached hydrogens (tertiary/aromatic N) is 1. The summed E-state index contributed by atoms with van der Waals surface area (Å²) >= 11 is 3.34. The number of hydrogen-bond donors (Lipinski definition) is 1. The van der Waals surface area contributed by atoms with Gasteiger partial charge in [0.15, 0.2) is 0 Å². The third-order valence-electron chi connectivity index (χ3n) is 4.09. The summed E-state index contributed by atoms with van der Waals surface area (Å²) in [5.74, 6) is -0.307. The fraction of sp³-hybridized carbons (Fsp3) is 0.471. The van der Waals surface area contributed by atoms with Gasteiger partial charge in [0.25, 0.3) is 0 Å². The monoisotopic (exact) mass is 368 g/mol. The van der Waals surface area contributed by atoms with Crippen molar-refractivity contribution in [3.8, 4) is 0 Å². The second-order valence-electron chi connectivity index (χ2n) is 5.87. The number of benzene rings is 1. The molecule has 2 unspecified atom stereocenters. The summed E-state index contributed by atoms with van der Waals surface area (Å²) in [7, 11) is 0. The number of amides is 1. The molecule has 3 nitrogen and oxygen atoms in total. The van der Waals surface area contributed by atoms with Gasteiger partial charge in [-0.3, -0.25) is 4.79 Å². The molecule has 2 atom stereocenters. The van der Waals surface area contributed by atoms with Crippen molar-refractivity contribution in [2.45, 2.75) is 38.3 Å². The van der Waals surface area contributed by atoms with Gasteiger partial charge in [0.05, 0.1) is 0 Å². The van der Waals surface area contributed by atoms with E-state index in [1.165, 1.54) is 6.07 Å². The molecule has 0 aromatic heterocycles. The van der Waals surface area contributed by atoms with E-state index < -0.39 is 0 Å². The van der Waals surface area contributed by atoms with Gasteiger partial charge in [0.2, 0.25) is 5.91 Å². The van der Waals surface area contributed by atoms with Crippen molar-refractivity contribution < 1.29 is 9.18 Å². The minimum absolute atomic E-state index is 0.0504. The third-order valence-corrected chi connectivity index (χ3v) is 4.59. The molecule has 2 rings (SSSR count). The Labute approximate surface area is 139 Å². The van der Waals surface area contributed by atoms with Crippen molar-refractivity contribution in [1.82, 2.24) is 4.90 Å². The molecular formula is C17H22BrFN2O. The zero-order valence-corrected chi connectivity index (χ0v) is 14.2. The van der Waals surface area contributed by atoms with Crippen molar-refractivity contribution in [3.05, 3.63) is 46.7 Å². The Balaban J connectivity index is 2.13. The van der Waals surface area contributed by atoms with E-state index in [1.54, 1.807) is 23.1 Å². The van der Waals surface area contributed by atoms with Gasteiger partial charge in [0, 0.05) is 35.1 Å². The van der Waals surface area contributed by atoms with Gasteiger partial charge in [0.1, 0.15) is 5.82 Å². The topological polar surface area (TPSA) is 46.3 Å². The number of nitrogens with two attached hydrogens (primary N) is 1. The first kappa shape index (κ1) is 17.2. The van der Waals surface area contributed by atoms with E-state index in [2.05, 4.69) is 22.5 Å². The Morgan fingerprint density at radius 1 is 1.50 bits per heavy atom. The largest absolute Gasteiger partial charge is 0.334 e. The molecule has 1 saturated carbocycles. The minimum Gasteiger partial charge on any atom is -0.334 e. The summed E-state index contributed by atoms with van der Waals surface area (Å²) in [5.41, 5.74) is 6.48. The van der Waals surface area contributed by atoms with Crippen LogP contribution in [0.5, 0.6) is 0 Å². The molecule has 22 heavy (non-hydrogen) atoms. The van der Waals surface area contributed by atoms with E-state index in [0.29, 0.717) is 18.5 Å². The normalized spacial score (nSPS) is 21.4. The van der Waals surface area contributed by atoms with Crippen molar-refractivity contribution in [2.75, 3.05) is 6.54 Å². The lowest BCUT2D eigenvalue weighted by molar-refractivity contribution is -0.136. The lowest BCUT2D eigenvalue weighted by atomic mass is 9.85. The first-order chi connectivity index (χ1) is 10.5. The zero-order chi connectivity index (χ0) is 16.1. The number of hydrogen-bond acceptors (Lipinski definition) is 2. The van der Waals surface area contributed by atoms with Gasteiger partial charge < -0.3 is 10.6 Å². The summed E-state index contributed by atoms with van der Waals surface area (Å²) in [6.45, 7) is 4.37. The molecule has 1 fully saturated rings. The molecule has 120 valence electrons. The van der Waals surface area contributed by atoms with Crippen LogP contribution >= 0.6 is 15.9 Å². The van der Waals surface area contributed by atoms with Crippen LogP contribution in [0.25, 0.3) is 0 Å². The Kier molecular flexibility index (Phi) is 6.15. The number of carbonyl (C=O) groups excluding carboxylic acids is 1. The molecular weight excluding hydrogens is 347 g/mol. The predicted octanol–water partition coefficient (Wildman–Crippen LogP) is 3.62. The van der Waals surface area contributed by atoms with E-state index in [1.807, 2.05) is 0 Å². The van der Waals surface area contributed by atoms with E-state index in [0.717, 1.165) is 23.7 Å². The summed E-state index contributed by atoms with van der Waals surface area (Å²) in [5, 5.41) is 0. The number of carbonyl (C=O) groups is 1. The SMILES string of the molecule is C=CCN(Cc1cc(Br)ccc1F)C(=O)C1CCCC(N)C1. The van der Waals surface area contributed by atoms with Gasteiger partial charge in [-0.05, 0) is 37.5 Å². The third kappa shape index (κ3) is 4.40. The average molecular weight is 369 g/mol. The molecule has 0 spiro atoms. The highest BCUT2D eigenvalue weighted by Gasteiger charge is 2.29. The second kappa shape index (κ2) is 7.88. The predicted molar refractivity (Wildman–Crippen MR) is 89.6 cm³/mol. The van der Waals surface area contributed by atoms with Crippen LogP contribution in [0.3, 0.4) is 0 Å². The maximum absolute atomic E-state index is 13.9. The summed E-state index contributed by atoms with van der Waals surface area (Å²) in [4.78, 5) is 14.4. The minimum atomic E-state index is -0.301. The van der Waals surface area contributed by atoms with E-state index in [9.17, 15) is 9.18 Å². The quantitative estimate of drug-likeness (QED) is 0.806. The standard InChI is InChI=1S/C17H22BrFN2O/c1-2-8-21(11-13-9-14(18)6-7-16(13)19)17(22)12-4-3-5-15(20)10-12/h2,6-7,9,12,15H,1,3-5,8,10-11,20H2. The van der Waals surface area contributed by atoms with Crippen LogP contribution < -0.4 is 5.73 Å². The van der Waals surface area contributed by atoms with Gasteiger partial charge in [-0.1, -0.05) is 28.4 Å². The fourth-order valence-electron chi connectivity index (χ4n) is 2.97. The average Bonchev–Trinajstić information content (AvgIpc) is 2.49. The molecule has 1 aliphatic rings. The highest BCUT2D eigenvalue weighted by atomic mass is 79.9. The molecule has 0 bridgehead atoms. The molecule has 2 N–H and O–H groups in total. The zero-order valence-electron chi connectivity index (χ0n) is 12.6. The molecule has 0 radical (unpaired) electrons. The molecule has 1 amide bonds. The molecule has 1 aliphatic carbocycles. The first-order valence-electron chi connectivity index (χ1n) is 7.60. The van der Waals surface area contributed by atoms with Crippen molar-refractivity contribution >= 4 is 21.8 Å².